The Kier molecular flexibility index (Phi) is 2.05. The summed E-state index contributed by atoms with van der Waals surface area (Å²) in [5, 5.41) is 15.3. The van der Waals surface area contributed by atoms with Gasteiger partial charge < -0.3 is 16.6 Å². The second-order valence-electron chi connectivity index (χ2n) is 3.01. The number of nitrogen functional groups attached to an aromatic ring is 1. The van der Waals surface area contributed by atoms with Gasteiger partial charge in [0.2, 0.25) is 0 Å². The van der Waals surface area contributed by atoms with Crippen molar-refractivity contribution in [2.75, 3.05) is 12.3 Å². The van der Waals surface area contributed by atoms with Crippen LogP contribution in [-0.4, -0.2) is 37.4 Å². The zero-order chi connectivity index (χ0) is 11.0. The molecule has 2 aromatic rings. The van der Waals surface area contributed by atoms with Gasteiger partial charge in [-0.2, -0.15) is 4.63 Å². The van der Waals surface area contributed by atoms with E-state index >= 15 is 0 Å². The highest BCUT2D eigenvalue weighted by Gasteiger charge is 2.17. The third kappa shape index (κ3) is 1.40. The standard InChI is InChI=1S/C7H10N6O2/c8-2-1-3-10-6-4(9)5(7(14)15)12-13(6)11-3/h12H,1-2,8-9H2,(H,14,15). The third-order valence-corrected chi connectivity index (χ3v) is 1.96. The molecule has 0 radical (unpaired) electrons. The van der Waals surface area contributed by atoms with Gasteiger partial charge in [-0.05, 0) is 6.54 Å². The fourth-order valence-electron chi connectivity index (χ4n) is 1.28. The fraction of sp³-hybridized carbons (Fsp3) is 0.286. The summed E-state index contributed by atoms with van der Waals surface area (Å²) in [5.74, 6) is -0.604. The number of carbonyl (C=O) groups is 1. The number of nitrogens with one attached hydrogen (secondary N) is 1. The minimum atomic E-state index is -1.14. The molecule has 2 aromatic heterocycles. The van der Waals surface area contributed by atoms with E-state index in [0.29, 0.717) is 24.4 Å². The number of anilines is 1. The molecule has 0 amide bonds. The van der Waals surface area contributed by atoms with E-state index in [2.05, 4.69) is 15.2 Å². The van der Waals surface area contributed by atoms with Crippen LogP contribution in [0.15, 0.2) is 0 Å². The van der Waals surface area contributed by atoms with Gasteiger partial charge >= 0.3 is 5.97 Å². The maximum atomic E-state index is 10.7. The summed E-state index contributed by atoms with van der Waals surface area (Å²) in [6, 6.07) is 0. The van der Waals surface area contributed by atoms with Crippen LogP contribution in [0.25, 0.3) is 5.65 Å². The van der Waals surface area contributed by atoms with Crippen molar-refractivity contribution in [1.29, 1.82) is 0 Å². The Morgan fingerprint density at radius 3 is 2.87 bits per heavy atom. The largest absolute Gasteiger partial charge is 0.476 e. The number of carboxylic acids is 1. The molecule has 6 N–H and O–H groups in total. The summed E-state index contributed by atoms with van der Waals surface area (Å²) in [4.78, 5) is 14.8. The van der Waals surface area contributed by atoms with E-state index < -0.39 is 5.97 Å². The van der Waals surface area contributed by atoms with E-state index in [1.807, 2.05) is 0 Å². The van der Waals surface area contributed by atoms with E-state index in [1.165, 1.54) is 4.63 Å². The number of hydrogen-bond acceptors (Lipinski definition) is 5. The highest BCUT2D eigenvalue weighted by Crippen LogP contribution is 2.16. The van der Waals surface area contributed by atoms with Crippen molar-refractivity contribution < 1.29 is 9.90 Å². The monoisotopic (exact) mass is 210 g/mol. The molecule has 8 heteroatoms. The molecule has 0 fully saturated rings. The van der Waals surface area contributed by atoms with Gasteiger partial charge in [0.15, 0.2) is 17.2 Å². The first kappa shape index (κ1) is 9.46. The molecule has 0 aliphatic heterocycles. The average molecular weight is 210 g/mol. The normalized spacial score (nSPS) is 11.0. The van der Waals surface area contributed by atoms with Gasteiger partial charge in [-0.3, -0.25) is 5.10 Å². The topological polar surface area (TPSA) is 135 Å². The van der Waals surface area contributed by atoms with Crippen LogP contribution >= 0.6 is 0 Å². The van der Waals surface area contributed by atoms with Crippen LogP contribution in [0.1, 0.15) is 16.3 Å². The van der Waals surface area contributed by atoms with Crippen LogP contribution in [0, 0.1) is 0 Å². The molecular formula is C7H10N6O2. The number of aromatic amines is 1. The van der Waals surface area contributed by atoms with Gasteiger partial charge in [-0.25, -0.2) is 9.78 Å². The Labute approximate surface area is 83.9 Å². The van der Waals surface area contributed by atoms with Gasteiger partial charge in [-0.1, -0.05) is 0 Å². The predicted molar refractivity (Wildman–Crippen MR) is 51.5 cm³/mol. The Balaban J connectivity index is 2.52. The van der Waals surface area contributed by atoms with Gasteiger partial charge in [0.1, 0.15) is 5.69 Å². The maximum absolute atomic E-state index is 10.7. The molecule has 80 valence electrons. The highest BCUT2D eigenvalue weighted by atomic mass is 16.4. The summed E-state index contributed by atoms with van der Waals surface area (Å²) in [6.07, 6.45) is 0.525. The average Bonchev–Trinajstić information content (AvgIpc) is 2.67. The minimum absolute atomic E-state index is 0.0817. The minimum Gasteiger partial charge on any atom is -0.476 e. The van der Waals surface area contributed by atoms with Crippen molar-refractivity contribution in [1.82, 2.24) is 19.8 Å². The number of hydrogen-bond donors (Lipinski definition) is 4. The molecule has 0 saturated heterocycles. The third-order valence-electron chi connectivity index (χ3n) is 1.96. The molecule has 0 aliphatic rings. The van der Waals surface area contributed by atoms with E-state index in [1.54, 1.807) is 0 Å². The number of aromatic carboxylic acids is 1. The van der Waals surface area contributed by atoms with E-state index in [-0.39, 0.29) is 11.4 Å². The molecule has 0 bridgehead atoms. The molecule has 0 aromatic carbocycles. The molecule has 0 atom stereocenters. The predicted octanol–water partition coefficient (Wildman–Crippen LogP) is -1.16. The number of carboxylic acid groups (broad SMARTS) is 1. The summed E-state index contributed by atoms with van der Waals surface area (Å²) in [7, 11) is 0. The zero-order valence-electron chi connectivity index (χ0n) is 7.77. The number of fused-ring (bicyclic) bond motifs is 1. The number of H-pyrrole nitrogens is 1. The molecule has 0 saturated carbocycles. The quantitative estimate of drug-likeness (QED) is 0.504. The second kappa shape index (κ2) is 3.24. The first-order chi connectivity index (χ1) is 7.13. The SMILES string of the molecule is NCCc1nc2c(N)c(C(=O)O)[nH]n2n1. The zero-order valence-corrected chi connectivity index (χ0v) is 7.77. The van der Waals surface area contributed by atoms with Gasteiger partial charge in [0, 0.05) is 6.42 Å². The lowest BCUT2D eigenvalue weighted by atomic mass is 10.4. The van der Waals surface area contributed by atoms with Crippen molar-refractivity contribution in [3.8, 4) is 0 Å². The van der Waals surface area contributed by atoms with Crippen molar-refractivity contribution >= 4 is 17.3 Å². The van der Waals surface area contributed by atoms with E-state index in [9.17, 15) is 4.79 Å². The molecule has 0 aliphatic carbocycles. The molecular weight excluding hydrogens is 200 g/mol. The van der Waals surface area contributed by atoms with Crippen LogP contribution in [0.5, 0.6) is 0 Å². The first-order valence-electron chi connectivity index (χ1n) is 4.30. The molecule has 8 nitrogen and oxygen atoms in total. The summed E-state index contributed by atoms with van der Waals surface area (Å²) >= 11 is 0. The smallest absolute Gasteiger partial charge is 0.356 e. The van der Waals surface area contributed by atoms with Gasteiger partial charge in [0.05, 0.1) is 0 Å². The van der Waals surface area contributed by atoms with Crippen molar-refractivity contribution in [3.05, 3.63) is 11.5 Å². The summed E-state index contributed by atoms with van der Waals surface area (Å²) in [5.41, 5.74) is 11.2. The highest BCUT2D eigenvalue weighted by molar-refractivity contribution is 5.95. The fourth-order valence-corrected chi connectivity index (χ4v) is 1.28. The Bertz CT molecular complexity index is 513. The number of rotatable bonds is 3. The van der Waals surface area contributed by atoms with Gasteiger partial charge in [0.25, 0.3) is 0 Å². The van der Waals surface area contributed by atoms with Crippen LogP contribution in [0.2, 0.25) is 0 Å². The lowest BCUT2D eigenvalue weighted by molar-refractivity contribution is 0.0691. The molecule has 0 unspecified atom stereocenters. The lowest BCUT2D eigenvalue weighted by Gasteiger charge is -1.90. The first-order valence-corrected chi connectivity index (χ1v) is 4.30. The summed E-state index contributed by atoms with van der Waals surface area (Å²) in [6.45, 7) is 0.429. The molecule has 15 heavy (non-hydrogen) atoms. The Morgan fingerprint density at radius 1 is 1.60 bits per heavy atom. The number of nitrogens with two attached hydrogens (primary N) is 2. The Hall–Kier alpha value is -2.09. The number of aromatic nitrogens is 4. The van der Waals surface area contributed by atoms with Crippen molar-refractivity contribution in [2.24, 2.45) is 5.73 Å². The van der Waals surface area contributed by atoms with Gasteiger partial charge in [-0.15, -0.1) is 5.10 Å². The Morgan fingerprint density at radius 2 is 2.33 bits per heavy atom. The van der Waals surface area contributed by atoms with E-state index in [4.69, 9.17) is 16.6 Å². The molecule has 0 spiro atoms. The molecule has 2 heterocycles. The van der Waals surface area contributed by atoms with Crippen molar-refractivity contribution in [2.45, 2.75) is 6.42 Å². The summed E-state index contributed by atoms with van der Waals surface area (Å²) < 4.78 is 1.24. The van der Waals surface area contributed by atoms with Crippen LogP contribution in [0.3, 0.4) is 0 Å². The molecule has 2 rings (SSSR count). The lowest BCUT2D eigenvalue weighted by Crippen LogP contribution is -2.06. The second-order valence-corrected chi connectivity index (χ2v) is 3.01. The maximum Gasteiger partial charge on any atom is 0.356 e. The van der Waals surface area contributed by atoms with Crippen LogP contribution in [0.4, 0.5) is 5.69 Å². The van der Waals surface area contributed by atoms with Crippen molar-refractivity contribution in [3.63, 3.8) is 0 Å². The van der Waals surface area contributed by atoms with Crippen LogP contribution in [-0.2, 0) is 6.42 Å². The van der Waals surface area contributed by atoms with E-state index in [0.717, 1.165) is 0 Å². The van der Waals surface area contributed by atoms with Crippen LogP contribution < -0.4 is 11.5 Å². The number of nitrogens with zero attached hydrogens (tertiary/aromatic N) is 3.